The molecule has 3 aromatic carbocycles. The summed E-state index contributed by atoms with van der Waals surface area (Å²) in [5, 5.41) is 11.8. The van der Waals surface area contributed by atoms with E-state index >= 15 is 0 Å². The predicted octanol–water partition coefficient (Wildman–Crippen LogP) is 4.90. The van der Waals surface area contributed by atoms with E-state index in [4.69, 9.17) is 9.47 Å². The lowest BCUT2D eigenvalue weighted by atomic mass is 10.0. The minimum Gasteiger partial charge on any atom is -0.507 e. The molecule has 1 N–H and O–H groups in total. The highest BCUT2D eigenvalue weighted by Crippen LogP contribution is 2.31. The summed E-state index contributed by atoms with van der Waals surface area (Å²) in [6.07, 6.45) is 0. The number of hydrogen-bond acceptors (Lipinski definition) is 4. The number of hydrogen-bond donors (Lipinski definition) is 1. The van der Waals surface area contributed by atoms with Gasteiger partial charge >= 0.3 is 5.97 Å². The maximum atomic E-state index is 12.6. The van der Waals surface area contributed by atoms with E-state index < -0.39 is 5.97 Å². The van der Waals surface area contributed by atoms with Crippen LogP contribution in [0.25, 0.3) is 10.8 Å². The zero-order chi connectivity index (χ0) is 18.0. The zero-order valence-corrected chi connectivity index (χ0v) is 14.4. The number of para-hydroxylation sites is 1. The van der Waals surface area contributed by atoms with Crippen LogP contribution in [0.2, 0.25) is 0 Å². The Morgan fingerprint density at radius 1 is 1.00 bits per heavy atom. The van der Waals surface area contributed by atoms with Crippen LogP contribution in [0.4, 0.5) is 0 Å². The quantitative estimate of drug-likeness (QED) is 0.544. The lowest BCUT2D eigenvalue weighted by Gasteiger charge is -2.13. The van der Waals surface area contributed by atoms with E-state index in [-0.39, 0.29) is 17.2 Å². The lowest BCUT2D eigenvalue weighted by molar-refractivity contribution is 0.0730. The number of rotatable bonds is 4. The smallest absolute Gasteiger partial charge is 0.347 e. The van der Waals surface area contributed by atoms with Gasteiger partial charge in [0.05, 0.1) is 7.11 Å². The molecule has 0 fully saturated rings. The van der Waals surface area contributed by atoms with Gasteiger partial charge in [-0.2, -0.15) is 0 Å². The number of fused-ring (bicyclic) bond motifs is 1. The third kappa shape index (κ3) is 3.43. The van der Waals surface area contributed by atoms with Crippen molar-refractivity contribution in [3.05, 3.63) is 65.7 Å². The van der Waals surface area contributed by atoms with Crippen molar-refractivity contribution in [1.82, 2.24) is 0 Å². The van der Waals surface area contributed by atoms with Crippen LogP contribution in [0.3, 0.4) is 0 Å². The fourth-order valence-corrected chi connectivity index (χ4v) is 2.76. The fourth-order valence-electron chi connectivity index (χ4n) is 2.76. The van der Waals surface area contributed by atoms with Gasteiger partial charge in [0.15, 0.2) is 0 Å². The molecule has 0 unspecified atom stereocenters. The number of carbonyl (C=O) groups is 1. The van der Waals surface area contributed by atoms with Crippen molar-refractivity contribution in [2.24, 2.45) is 0 Å². The first-order valence-corrected chi connectivity index (χ1v) is 8.11. The number of esters is 1. The van der Waals surface area contributed by atoms with E-state index in [0.29, 0.717) is 11.5 Å². The minimum absolute atomic E-state index is 0.107. The van der Waals surface area contributed by atoms with Gasteiger partial charge in [-0.15, -0.1) is 0 Å². The molecule has 0 heterocycles. The van der Waals surface area contributed by atoms with Gasteiger partial charge in [0.2, 0.25) is 0 Å². The Morgan fingerprint density at radius 2 is 1.76 bits per heavy atom. The van der Waals surface area contributed by atoms with E-state index in [1.807, 2.05) is 44.2 Å². The number of carbonyl (C=O) groups excluding carboxylic acids is 1. The molecule has 128 valence electrons. The maximum absolute atomic E-state index is 12.6. The molecule has 25 heavy (non-hydrogen) atoms. The van der Waals surface area contributed by atoms with Gasteiger partial charge in [-0.05, 0) is 52.6 Å². The molecule has 4 heteroatoms. The standard InChI is InChI=1S/C21H20O4/c1-13(2)17-6-4-5-7-20(17)25-21(23)18-11-15-10-16(24-3)9-8-14(15)12-19(18)22/h4-13,22H,1-3H3. The molecule has 0 spiro atoms. The molecule has 0 radical (unpaired) electrons. The number of phenols is 1. The van der Waals surface area contributed by atoms with Crippen LogP contribution in [-0.4, -0.2) is 18.2 Å². The first kappa shape index (κ1) is 16.8. The predicted molar refractivity (Wildman–Crippen MR) is 97.7 cm³/mol. The number of methoxy groups -OCH3 is 1. The molecular weight excluding hydrogens is 316 g/mol. The second-order valence-electron chi connectivity index (χ2n) is 6.16. The van der Waals surface area contributed by atoms with E-state index in [9.17, 15) is 9.90 Å². The highest BCUT2D eigenvalue weighted by molar-refractivity contribution is 5.99. The van der Waals surface area contributed by atoms with Crippen molar-refractivity contribution in [3.63, 3.8) is 0 Å². The van der Waals surface area contributed by atoms with Crippen molar-refractivity contribution in [2.45, 2.75) is 19.8 Å². The van der Waals surface area contributed by atoms with Crippen LogP contribution >= 0.6 is 0 Å². The Labute approximate surface area is 146 Å². The summed E-state index contributed by atoms with van der Waals surface area (Å²) >= 11 is 0. The molecule has 0 aliphatic rings. The Hall–Kier alpha value is -3.01. The molecule has 0 aliphatic carbocycles. The minimum atomic E-state index is -0.588. The third-order valence-corrected chi connectivity index (χ3v) is 4.13. The fraction of sp³-hybridized carbons (Fsp3) is 0.190. The first-order valence-electron chi connectivity index (χ1n) is 8.11. The maximum Gasteiger partial charge on any atom is 0.347 e. The van der Waals surface area contributed by atoms with Crippen molar-refractivity contribution in [3.8, 4) is 17.2 Å². The zero-order valence-electron chi connectivity index (χ0n) is 14.4. The highest BCUT2D eigenvalue weighted by atomic mass is 16.5. The van der Waals surface area contributed by atoms with Crippen molar-refractivity contribution < 1.29 is 19.4 Å². The monoisotopic (exact) mass is 336 g/mol. The Balaban J connectivity index is 1.98. The van der Waals surface area contributed by atoms with Gasteiger partial charge < -0.3 is 14.6 Å². The molecule has 0 aromatic heterocycles. The summed E-state index contributed by atoms with van der Waals surface area (Å²) in [7, 11) is 1.58. The summed E-state index contributed by atoms with van der Waals surface area (Å²) in [6.45, 7) is 4.07. The second-order valence-corrected chi connectivity index (χ2v) is 6.16. The molecule has 0 atom stereocenters. The molecular formula is C21H20O4. The molecule has 0 saturated carbocycles. The molecule has 0 aliphatic heterocycles. The molecule has 3 rings (SSSR count). The van der Waals surface area contributed by atoms with Gasteiger partial charge in [-0.25, -0.2) is 4.79 Å². The second kappa shape index (κ2) is 6.85. The summed E-state index contributed by atoms with van der Waals surface area (Å²) < 4.78 is 10.8. The SMILES string of the molecule is COc1ccc2cc(O)c(C(=O)Oc3ccccc3C(C)C)cc2c1. The Morgan fingerprint density at radius 3 is 2.48 bits per heavy atom. The third-order valence-electron chi connectivity index (χ3n) is 4.13. The number of aromatic hydroxyl groups is 1. The van der Waals surface area contributed by atoms with Gasteiger partial charge in [0, 0.05) is 0 Å². The van der Waals surface area contributed by atoms with Crippen molar-refractivity contribution in [1.29, 1.82) is 0 Å². The molecule has 0 amide bonds. The topological polar surface area (TPSA) is 55.8 Å². The van der Waals surface area contributed by atoms with E-state index in [1.165, 1.54) is 0 Å². The van der Waals surface area contributed by atoms with Crippen LogP contribution in [0.1, 0.15) is 35.7 Å². The highest BCUT2D eigenvalue weighted by Gasteiger charge is 2.17. The molecule has 0 bridgehead atoms. The Bertz CT molecular complexity index is 928. The largest absolute Gasteiger partial charge is 0.507 e. The van der Waals surface area contributed by atoms with Gasteiger partial charge in [0.1, 0.15) is 22.8 Å². The van der Waals surface area contributed by atoms with Crippen LogP contribution in [0.15, 0.2) is 54.6 Å². The first-order chi connectivity index (χ1) is 12.0. The van der Waals surface area contributed by atoms with Crippen molar-refractivity contribution in [2.75, 3.05) is 7.11 Å². The van der Waals surface area contributed by atoms with Crippen LogP contribution in [0, 0.1) is 0 Å². The summed E-state index contributed by atoms with van der Waals surface area (Å²) in [6, 6.07) is 16.0. The van der Waals surface area contributed by atoms with E-state index in [1.54, 1.807) is 31.4 Å². The number of phenolic OH excluding ortho intramolecular Hbond substituents is 1. The van der Waals surface area contributed by atoms with Gasteiger partial charge in [-0.1, -0.05) is 38.1 Å². The van der Waals surface area contributed by atoms with Crippen LogP contribution < -0.4 is 9.47 Å². The van der Waals surface area contributed by atoms with Gasteiger partial charge in [0.25, 0.3) is 0 Å². The lowest BCUT2D eigenvalue weighted by Crippen LogP contribution is -2.10. The van der Waals surface area contributed by atoms with E-state index in [2.05, 4.69) is 0 Å². The van der Waals surface area contributed by atoms with Crippen LogP contribution in [-0.2, 0) is 0 Å². The normalized spacial score (nSPS) is 10.9. The van der Waals surface area contributed by atoms with E-state index in [0.717, 1.165) is 16.3 Å². The summed E-state index contributed by atoms with van der Waals surface area (Å²) in [5.41, 5.74) is 1.07. The number of ether oxygens (including phenoxy) is 2. The summed E-state index contributed by atoms with van der Waals surface area (Å²) in [4.78, 5) is 12.6. The number of benzene rings is 3. The molecule has 4 nitrogen and oxygen atoms in total. The average Bonchev–Trinajstić information content (AvgIpc) is 2.61. The average molecular weight is 336 g/mol. The van der Waals surface area contributed by atoms with Crippen LogP contribution in [0.5, 0.6) is 17.2 Å². The molecule has 3 aromatic rings. The van der Waals surface area contributed by atoms with Crippen molar-refractivity contribution >= 4 is 16.7 Å². The Kier molecular flexibility index (Phi) is 4.61. The van der Waals surface area contributed by atoms with Gasteiger partial charge in [-0.3, -0.25) is 0 Å². The molecule has 0 saturated heterocycles. The summed E-state index contributed by atoms with van der Waals surface area (Å²) in [5.74, 6) is 0.716.